The van der Waals surface area contributed by atoms with E-state index in [1.165, 1.54) is 6.92 Å². The molecule has 0 fully saturated rings. The van der Waals surface area contributed by atoms with E-state index in [0.29, 0.717) is 40.7 Å². The summed E-state index contributed by atoms with van der Waals surface area (Å²) in [6.07, 6.45) is 0.682. The Balaban J connectivity index is 1.73. The monoisotopic (exact) mass is 371 g/mol. The van der Waals surface area contributed by atoms with Gasteiger partial charge in [-0.2, -0.15) is 0 Å². The van der Waals surface area contributed by atoms with E-state index in [1.54, 1.807) is 32.4 Å². The Bertz CT molecular complexity index is 877. The molecule has 142 valence electrons. The summed E-state index contributed by atoms with van der Waals surface area (Å²) >= 11 is 0. The second-order valence-electron chi connectivity index (χ2n) is 6.01. The molecule has 0 saturated heterocycles. The molecule has 1 N–H and O–H groups in total. The Kier molecular flexibility index (Phi) is 5.49. The third-order valence-corrected chi connectivity index (χ3v) is 4.27. The van der Waals surface area contributed by atoms with Crippen molar-refractivity contribution < 1.29 is 28.5 Å². The van der Waals surface area contributed by atoms with Crippen LogP contribution in [0.5, 0.6) is 23.0 Å². The summed E-state index contributed by atoms with van der Waals surface area (Å²) in [5.74, 6) is 1.84. The molecule has 1 aliphatic rings. The van der Waals surface area contributed by atoms with Crippen molar-refractivity contribution in [1.29, 1.82) is 0 Å². The van der Waals surface area contributed by atoms with Crippen molar-refractivity contribution in [2.45, 2.75) is 19.8 Å². The number of methoxy groups -OCH3 is 2. The number of nitrogens with one attached hydrogen (secondary N) is 1. The third kappa shape index (κ3) is 3.97. The molecule has 1 heterocycles. The van der Waals surface area contributed by atoms with Gasteiger partial charge in [0.25, 0.3) is 0 Å². The molecule has 0 saturated carbocycles. The molecule has 0 atom stereocenters. The fraction of sp³-hybridized carbons (Fsp3) is 0.300. The van der Waals surface area contributed by atoms with Crippen LogP contribution in [0.3, 0.4) is 0 Å². The number of aryl methyl sites for hydroxylation is 1. The van der Waals surface area contributed by atoms with E-state index in [9.17, 15) is 9.59 Å². The van der Waals surface area contributed by atoms with Gasteiger partial charge in [-0.25, -0.2) is 0 Å². The number of fused-ring (bicyclic) bond motifs is 1. The summed E-state index contributed by atoms with van der Waals surface area (Å²) < 4.78 is 21.3. The average molecular weight is 371 g/mol. The van der Waals surface area contributed by atoms with E-state index in [2.05, 4.69) is 5.32 Å². The van der Waals surface area contributed by atoms with Crippen LogP contribution in [0.2, 0.25) is 0 Å². The van der Waals surface area contributed by atoms with Crippen LogP contribution in [0.25, 0.3) is 0 Å². The fourth-order valence-corrected chi connectivity index (χ4v) is 2.95. The first-order valence-corrected chi connectivity index (χ1v) is 8.47. The maximum atomic E-state index is 12.4. The zero-order valence-electron chi connectivity index (χ0n) is 15.5. The molecule has 27 heavy (non-hydrogen) atoms. The van der Waals surface area contributed by atoms with Gasteiger partial charge >= 0.3 is 0 Å². The van der Waals surface area contributed by atoms with E-state index in [-0.39, 0.29) is 24.9 Å². The van der Waals surface area contributed by atoms with Gasteiger partial charge in [0.15, 0.2) is 28.8 Å². The highest BCUT2D eigenvalue weighted by atomic mass is 16.7. The topological polar surface area (TPSA) is 83.1 Å². The molecule has 7 nitrogen and oxygen atoms in total. The highest BCUT2D eigenvalue weighted by Gasteiger charge is 2.20. The molecule has 7 heteroatoms. The normalized spacial score (nSPS) is 11.8. The minimum absolute atomic E-state index is 0.0969. The highest BCUT2D eigenvalue weighted by molar-refractivity contribution is 6.04. The molecular formula is C20H21NO6. The van der Waals surface area contributed by atoms with Crippen LogP contribution in [0.15, 0.2) is 30.3 Å². The second kappa shape index (κ2) is 7.99. The summed E-state index contributed by atoms with van der Waals surface area (Å²) in [6.45, 7) is 1.54. The van der Waals surface area contributed by atoms with Gasteiger partial charge in [-0.15, -0.1) is 0 Å². The lowest BCUT2D eigenvalue weighted by Crippen LogP contribution is -2.15. The summed E-state index contributed by atoms with van der Waals surface area (Å²) in [5.41, 5.74) is 1.66. The number of hydrogen-bond donors (Lipinski definition) is 1. The molecule has 0 unspecified atom stereocenters. The Labute approximate surface area is 157 Å². The van der Waals surface area contributed by atoms with Crippen molar-refractivity contribution in [2.24, 2.45) is 0 Å². The number of ether oxygens (including phenoxy) is 4. The number of para-hydroxylation sites is 1. The van der Waals surface area contributed by atoms with Gasteiger partial charge < -0.3 is 24.3 Å². The number of hydrogen-bond acceptors (Lipinski definition) is 6. The Morgan fingerprint density at radius 3 is 2.52 bits per heavy atom. The second-order valence-corrected chi connectivity index (χ2v) is 6.01. The van der Waals surface area contributed by atoms with Crippen molar-refractivity contribution in [1.82, 2.24) is 0 Å². The summed E-state index contributed by atoms with van der Waals surface area (Å²) in [7, 11) is 3.13. The highest BCUT2D eigenvalue weighted by Crippen LogP contribution is 2.37. The first-order chi connectivity index (χ1) is 13.0. The maximum Gasteiger partial charge on any atom is 0.231 e. The number of anilines is 1. The lowest BCUT2D eigenvalue weighted by molar-refractivity contribution is -0.116. The summed E-state index contributed by atoms with van der Waals surface area (Å²) in [4.78, 5) is 24.4. The van der Waals surface area contributed by atoms with Crippen LogP contribution in [-0.4, -0.2) is 32.7 Å². The Hall–Kier alpha value is -3.22. The van der Waals surface area contributed by atoms with Crippen LogP contribution in [0.1, 0.15) is 29.3 Å². The van der Waals surface area contributed by atoms with Gasteiger partial charge in [0.1, 0.15) is 0 Å². The predicted molar refractivity (Wildman–Crippen MR) is 99.1 cm³/mol. The van der Waals surface area contributed by atoms with Gasteiger partial charge in [-0.05, 0) is 31.0 Å². The van der Waals surface area contributed by atoms with E-state index in [4.69, 9.17) is 18.9 Å². The number of ketones is 1. The SMILES string of the molecule is COc1cccc(CCC(=O)Nc2cc3c(cc2C(C)=O)OCO3)c1OC. The third-order valence-electron chi connectivity index (χ3n) is 4.27. The van der Waals surface area contributed by atoms with Crippen LogP contribution in [0, 0.1) is 0 Å². The summed E-state index contributed by atoms with van der Waals surface area (Å²) in [5, 5.41) is 2.79. The van der Waals surface area contributed by atoms with Crippen molar-refractivity contribution in [3.63, 3.8) is 0 Å². The van der Waals surface area contributed by atoms with Gasteiger partial charge in [0, 0.05) is 18.1 Å². The van der Waals surface area contributed by atoms with Gasteiger partial charge in [-0.3, -0.25) is 9.59 Å². The van der Waals surface area contributed by atoms with Gasteiger partial charge in [0.2, 0.25) is 12.7 Å². The Morgan fingerprint density at radius 2 is 1.85 bits per heavy atom. The molecule has 0 aliphatic carbocycles. The zero-order valence-corrected chi connectivity index (χ0v) is 15.5. The predicted octanol–water partition coefficient (Wildman–Crippen LogP) is 3.21. The van der Waals surface area contributed by atoms with E-state index >= 15 is 0 Å². The molecule has 2 aromatic carbocycles. The number of Topliss-reactive ketones (excluding diaryl/α,β-unsaturated/α-hetero) is 1. The van der Waals surface area contributed by atoms with Crippen molar-refractivity contribution in [3.8, 4) is 23.0 Å². The number of rotatable bonds is 7. The summed E-state index contributed by atoms with van der Waals surface area (Å²) in [6, 6.07) is 8.74. The van der Waals surface area contributed by atoms with Crippen molar-refractivity contribution in [3.05, 3.63) is 41.5 Å². The quantitative estimate of drug-likeness (QED) is 0.753. The molecule has 1 amide bonds. The average Bonchev–Trinajstić information content (AvgIpc) is 3.12. The molecule has 0 bridgehead atoms. The molecule has 1 aliphatic heterocycles. The van der Waals surface area contributed by atoms with E-state index in [0.717, 1.165) is 5.56 Å². The van der Waals surface area contributed by atoms with Crippen LogP contribution in [0.4, 0.5) is 5.69 Å². The van der Waals surface area contributed by atoms with E-state index < -0.39 is 0 Å². The number of carbonyl (C=O) groups excluding carboxylic acids is 2. The maximum absolute atomic E-state index is 12.4. The van der Waals surface area contributed by atoms with Crippen LogP contribution in [-0.2, 0) is 11.2 Å². The van der Waals surface area contributed by atoms with Crippen LogP contribution < -0.4 is 24.3 Å². The zero-order chi connectivity index (χ0) is 19.4. The molecule has 2 aromatic rings. The largest absolute Gasteiger partial charge is 0.493 e. The molecule has 0 aromatic heterocycles. The minimum Gasteiger partial charge on any atom is -0.493 e. The van der Waals surface area contributed by atoms with E-state index in [1.807, 2.05) is 12.1 Å². The number of benzene rings is 2. The smallest absolute Gasteiger partial charge is 0.231 e. The number of carbonyl (C=O) groups is 2. The minimum atomic E-state index is -0.221. The molecule has 3 rings (SSSR count). The Morgan fingerprint density at radius 1 is 1.11 bits per heavy atom. The van der Waals surface area contributed by atoms with Gasteiger partial charge in [0.05, 0.1) is 19.9 Å². The fourth-order valence-electron chi connectivity index (χ4n) is 2.95. The van der Waals surface area contributed by atoms with Crippen molar-refractivity contribution >= 4 is 17.4 Å². The van der Waals surface area contributed by atoms with Crippen molar-refractivity contribution in [2.75, 3.05) is 26.3 Å². The molecular weight excluding hydrogens is 350 g/mol. The lowest BCUT2D eigenvalue weighted by atomic mass is 10.1. The number of amides is 1. The standard InChI is InChI=1S/C20H21NO6/c1-12(22)14-9-17-18(27-11-26-17)10-15(14)21-19(23)8-7-13-5-4-6-16(24-2)20(13)25-3/h4-6,9-10H,7-8,11H2,1-3H3,(H,21,23). The lowest BCUT2D eigenvalue weighted by Gasteiger charge is -2.13. The van der Waals surface area contributed by atoms with Crippen LogP contribution >= 0.6 is 0 Å². The molecule has 0 spiro atoms. The molecule has 0 radical (unpaired) electrons. The first kappa shape index (κ1) is 18.6. The van der Waals surface area contributed by atoms with Gasteiger partial charge in [-0.1, -0.05) is 12.1 Å². The first-order valence-electron chi connectivity index (χ1n) is 8.47.